The average Bonchev–Trinajstić information content (AvgIpc) is 2.10. The van der Waals surface area contributed by atoms with Crippen molar-refractivity contribution in [3.63, 3.8) is 0 Å². The summed E-state index contributed by atoms with van der Waals surface area (Å²) in [7, 11) is 0. The maximum Gasteiger partial charge on any atom is 0.163 e. The van der Waals surface area contributed by atoms with Crippen LogP contribution in [0.15, 0.2) is 6.07 Å². The molecule has 0 aromatic carbocycles. The van der Waals surface area contributed by atoms with Gasteiger partial charge in [0.15, 0.2) is 6.09 Å². The third-order valence-corrected chi connectivity index (χ3v) is 1.18. The maximum absolute atomic E-state index is 10.2. The van der Waals surface area contributed by atoms with E-state index in [2.05, 4.69) is 5.10 Å². The van der Waals surface area contributed by atoms with Gasteiger partial charge in [0, 0.05) is 5.69 Å². The van der Waals surface area contributed by atoms with Crippen molar-refractivity contribution in [2.24, 2.45) is 0 Å². The molecular formula is C6H7N2O2-. The highest BCUT2D eigenvalue weighted by Gasteiger charge is 1.98. The van der Waals surface area contributed by atoms with Crippen LogP contribution in [0.5, 0.6) is 0 Å². The third-order valence-electron chi connectivity index (χ3n) is 1.18. The summed E-state index contributed by atoms with van der Waals surface area (Å²) in [5.41, 5.74) is 1.26. The number of aryl methyl sites for hydroxylation is 2. The monoisotopic (exact) mass is 139 g/mol. The Morgan fingerprint density at radius 2 is 2.30 bits per heavy atom. The molecule has 0 N–H and O–H groups in total. The lowest BCUT2D eigenvalue weighted by atomic mass is 10.4. The Bertz CT molecular complexity index is 265. The van der Waals surface area contributed by atoms with Crippen molar-refractivity contribution in [2.75, 3.05) is 0 Å². The second-order valence-corrected chi connectivity index (χ2v) is 2.10. The van der Waals surface area contributed by atoms with Gasteiger partial charge in [-0.05, 0) is 19.9 Å². The molecule has 1 rings (SSSR count). The first kappa shape index (κ1) is 6.80. The molecule has 1 heterocycles. The first-order chi connectivity index (χ1) is 4.61. The summed E-state index contributed by atoms with van der Waals surface area (Å²) in [6.07, 6.45) is -1.29. The van der Waals surface area contributed by atoms with Crippen LogP contribution in [0.3, 0.4) is 0 Å². The van der Waals surface area contributed by atoms with Crippen LogP contribution in [0.4, 0.5) is 4.79 Å². The number of hydrogen-bond acceptors (Lipinski definition) is 3. The highest BCUT2D eigenvalue weighted by Crippen LogP contribution is 1.99. The maximum atomic E-state index is 10.2. The number of carbonyl (C=O) groups excluding carboxylic acids is 1. The van der Waals surface area contributed by atoms with Gasteiger partial charge in [0.2, 0.25) is 0 Å². The molecule has 54 valence electrons. The van der Waals surface area contributed by atoms with Crippen LogP contribution in [-0.2, 0) is 0 Å². The van der Waals surface area contributed by atoms with E-state index in [1.54, 1.807) is 19.9 Å². The molecule has 0 radical (unpaired) electrons. The second-order valence-electron chi connectivity index (χ2n) is 2.10. The molecule has 10 heavy (non-hydrogen) atoms. The lowest BCUT2D eigenvalue weighted by Gasteiger charge is -2.01. The standard InChI is InChI=1S/C6H8N2O2/c1-4-3-5(2)8(7-4)6(9)10/h3H,1-2H3,(H,9,10)/p-1. The van der Waals surface area contributed by atoms with Gasteiger partial charge < -0.3 is 9.90 Å². The summed E-state index contributed by atoms with van der Waals surface area (Å²) < 4.78 is 0.843. The first-order valence-corrected chi connectivity index (χ1v) is 2.86. The molecule has 0 aliphatic heterocycles. The van der Waals surface area contributed by atoms with Crippen LogP contribution in [0.25, 0.3) is 0 Å². The molecular weight excluding hydrogens is 132 g/mol. The second kappa shape index (κ2) is 2.13. The predicted octanol–water partition coefficient (Wildman–Crippen LogP) is -0.309. The van der Waals surface area contributed by atoms with E-state index in [9.17, 15) is 9.90 Å². The fourth-order valence-corrected chi connectivity index (χ4v) is 0.814. The predicted molar refractivity (Wildman–Crippen MR) is 32.5 cm³/mol. The van der Waals surface area contributed by atoms with E-state index in [-0.39, 0.29) is 0 Å². The molecule has 4 heteroatoms. The Kier molecular flexibility index (Phi) is 1.45. The highest BCUT2D eigenvalue weighted by molar-refractivity contribution is 5.65. The van der Waals surface area contributed by atoms with Gasteiger partial charge in [-0.1, -0.05) is 0 Å². The Balaban J connectivity index is 3.15. The van der Waals surface area contributed by atoms with Crippen LogP contribution in [0.1, 0.15) is 11.4 Å². The normalized spacial score (nSPS) is 9.80. The van der Waals surface area contributed by atoms with Crippen molar-refractivity contribution < 1.29 is 9.90 Å². The fourth-order valence-electron chi connectivity index (χ4n) is 0.814. The molecule has 4 nitrogen and oxygen atoms in total. The Morgan fingerprint density at radius 3 is 2.50 bits per heavy atom. The van der Waals surface area contributed by atoms with Crippen molar-refractivity contribution in [1.29, 1.82) is 0 Å². The van der Waals surface area contributed by atoms with Crippen molar-refractivity contribution >= 4 is 6.09 Å². The fraction of sp³-hybridized carbons (Fsp3) is 0.333. The van der Waals surface area contributed by atoms with Crippen molar-refractivity contribution in [2.45, 2.75) is 13.8 Å². The minimum atomic E-state index is -1.29. The van der Waals surface area contributed by atoms with Crippen LogP contribution < -0.4 is 5.11 Å². The number of aromatic nitrogens is 2. The van der Waals surface area contributed by atoms with Gasteiger partial charge in [0.05, 0.1) is 5.69 Å². The topological polar surface area (TPSA) is 58.0 Å². The molecule has 0 saturated carbocycles. The average molecular weight is 139 g/mol. The van der Waals surface area contributed by atoms with E-state index in [4.69, 9.17) is 0 Å². The summed E-state index contributed by atoms with van der Waals surface area (Å²) in [6, 6.07) is 1.68. The Labute approximate surface area is 58.1 Å². The number of nitrogens with zero attached hydrogens (tertiary/aromatic N) is 2. The van der Waals surface area contributed by atoms with Crippen molar-refractivity contribution in [1.82, 2.24) is 9.78 Å². The SMILES string of the molecule is Cc1cc(C)n(C(=O)[O-])n1. The Hall–Kier alpha value is -1.32. The largest absolute Gasteiger partial charge is 0.528 e. The molecule has 0 aliphatic carbocycles. The zero-order valence-corrected chi connectivity index (χ0v) is 5.79. The molecule has 0 saturated heterocycles. The summed E-state index contributed by atoms with van der Waals surface area (Å²) in [5.74, 6) is 0. The van der Waals surface area contributed by atoms with Crippen molar-refractivity contribution in [3.05, 3.63) is 17.5 Å². The molecule has 0 amide bonds. The molecule has 1 aromatic rings. The summed E-state index contributed by atoms with van der Waals surface area (Å²) in [5, 5.41) is 13.9. The van der Waals surface area contributed by atoms with E-state index in [0.717, 1.165) is 4.68 Å². The zero-order valence-electron chi connectivity index (χ0n) is 5.79. The highest BCUT2D eigenvalue weighted by atomic mass is 16.4. The lowest BCUT2D eigenvalue weighted by Crippen LogP contribution is -2.30. The van der Waals surface area contributed by atoms with E-state index < -0.39 is 6.09 Å². The summed E-state index contributed by atoms with van der Waals surface area (Å²) in [4.78, 5) is 10.2. The number of carbonyl (C=O) groups is 1. The van der Waals surface area contributed by atoms with Gasteiger partial charge >= 0.3 is 0 Å². The molecule has 0 unspecified atom stereocenters. The van der Waals surface area contributed by atoms with Crippen LogP contribution >= 0.6 is 0 Å². The number of carboxylic acid groups (broad SMARTS) is 1. The molecule has 0 spiro atoms. The number of hydrogen-bond donors (Lipinski definition) is 0. The first-order valence-electron chi connectivity index (χ1n) is 2.86. The zero-order chi connectivity index (χ0) is 7.72. The quantitative estimate of drug-likeness (QED) is 0.495. The smallest absolute Gasteiger partial charge is 0.163 e. The molecule has 0 fully saturated rings. The van der Waals surface area contributed by atoms with Crippen molar-refractivity contribution in [3.8, 4) is 0 Å². The van der Waals surface area contributed by atoms with Gasteiger partial charge in [-0.2, -0.15) is 5.10 Å². The van der Waals surface area contributed by atoms with Crippen LogP contribution in [-0.4, -0.2) is 15.9 Å². The van der Waals surface area contributed by atoms with E-state index in [0.29, 0.717) is 11.4 Å². The van der Waals surface area contributed by atoms with Gasteiger partial charge in [0.1, 0.15) is 0 Å². The van der Waals surface area contributed by atoms with E-state index in [1.165, 1.54) is 0 Å². The van der Waals surface area contributed by atoms with Gasteiger partial charge in [-0.15, -0.1) is 0 Å². The lowest BCUT2D eigenvalue weighted by molar-refractivity contribution is -0.251. The van der Waals surface area contributed by atoms with Crippen LogP contribution in [0, 0.1) is 13.8 Å². The molecule has 1 aromatic heterocycles. The minimum Gasteiger partial charge on any atom is -0.528 e. The summed E-state index contributed by atoms with van der Waals surface area (Å²) >= 11 is 0. The van der Waals surface area contributed by atoms with Gasteiger partial charge in [-0.25, -0.2) is 4.68 Å². The van der Waals surface area contributed by atoms with Gasteiger partial charge in [0.25, 0.3) is 0 Å². The molecule has 0 atom stereocenters. The third kappa shape index (κ3) is 1.00. The van der Waals surface area contributed by atoms with E-state index >= 15 is 0 Å². The summed E-state index contributed by atoms with van der Waals surface area (Å²) in [6.45, 7) is 3.39. The Morgan fingerprint density at radius 1 is 1.70 bits per heavy atom. The number of rotatable bonds is 0. The van der Waals surface area contributed by atoms with Gasteiger partial charge in [-0.3, -0.25) is 0 Å². The van der Waals surface area contributed by atoms with E-state index in [1.807, 2.05) is 0 Å². The van der Waals surface area contributed by atoms with Crippen LogP contribution in [0.2, 0.25) is 0 Å². The minimum absolute atomic E-state index is 0.581. The molecule has 0 bridgehead atoms. The molecule has 0 aliphatic rings.